The highest BCUT2D eigenvalue weighted by atomic mass is 16.5. The monoisotopic (exact) mass is 531 g/mol. The summed E-state index contributed by atoms with van der Waals surface area (Å²) in [5.74, 6) is 2.77. The lowest BCUT2D eigenvalue weighted by Gasteiger charge is -2.10. The van der Waals surface area contributed by atoms with Crippen molar-refractivity contribution in [3.8, 4) is 52.3 Å². The number of carbonyl (C=O) groups is 1. The molecule has 0 unspecified atom stereocenters. The van der Waals surface area contributed by atoms with Gasteiger partial charge in [0.1, 0.15) is 11.5 Å². The van der Waals surface area contributed by atoms with Crippen molar-refractivity contribution in [2.75, 3.05) is 28.4 Å². The van der Waals surface area contributed by atoms with Gasteiger partial charge in [-0.25, -0.2) is 14.8 Å². The van der Waals surface area contributed by atoms with Crippen molar-refractivity contribution in [3.63, 3.8) is 0 Å². The molecule has 4 rings (SSSR count). The Hall–Kier alpha value is -5.50. The maximum atomic E-state index is 10.9. The summed E-state index contributed by atoms with van der Waals surface area (Å²) in [4.78, 5) is 18.9. The molecule has 0 aliphatic rings. The van der Waals surface area contributed by atoms with E-state index >= 15 is 0 Å². The lowest BCUT2D eigenvalue weighted by molar-refractivity contribution is 0.0696. The van der Waals surface area contributed by atoms with E-state index in [-0.39, 0.29) is 5.56 Å². The first-order valence-electron chi connectivity index (χ1n) is 11.3. The maximum Gasteiger partial charge on any atom is 0.335 e. The average molecular weight is 532 g/mol. The highest BCUT2D eigenvalue weighted by Gasteiger charge is 2.11. The second-order valence-electron chi connectivity index (χ2n) is 7.42. The largest absolute Gasteiger partial charge is 0.493 e. The minimum absolute atomic E-state index is 0.127. The van der Waals surface area contributed by atoms with Gasteiger partial charge in [-0.15, -0.1) is 0 Å². The SMILES string of the molecule is COc1ccc(Oc2ccc(C#N)cc2OC)cn1.COc1ccc(Oc2ccc(C(=O)O)cc2OC)cn1. The first kappa shape index (κ1) is 28.1. The Balaban J connectivity index is 0.000000216. The highest BCUT2D eigenvalue weighted by Crippen LogP contribution is 2.33. The zero-order chi connectivity index (χ0) is 28.2. The Morgan fingerprint density at radius 1 is 0.692 bits per heavy atom. The van der Waals surface area contributed by atoms with Gasteiger partial charge in [0.2, 0.25) is 11.8 Å². The molecular formula is C28H25N3O8. The average Bonchev–Trinajstić information content (AvgIpc) is 2.98. The molecule has 0 radical (unpaired) electrons. The predicted molar refractivity (Wildman–Crippen MR) is 139 cm³/mol. The zero-order valence-electron chi connectivity index (χ0n) is 21.6. The van der Waals surface area contributed by atoms with E-state index in [1.807, 2.05) is 6.07 Å². The lowest BCUT2D eigenvalue weighted by atomic mass is 10.2. The van der Waals surface area contributed by atoms with Gasteiger partial charge in [-0.1, -0.05) is 0 Å². The van der Waals surface area contributed by atoms with Crippen LogP contribution in [0.15, 0.2) is 73.1 Å². The van der Waals surface area contributed by atoms with E-state index in [0.717, 1.165) is 0 Å². The van der Waals surface area contributed by atoms with E-state index in [1.54, 1.807) is 55.8 Å². The smallest absolute Gasteiger partial charge is 0.335 e. The Bertz CT molecular complexity index is 1440. The molecule has 0 bridgehead atoms. The van der Waals surface area contributed by atoms with Crippen molar-refractivity contribution >= 4 is 5.97 Å². The van der Waals surface area contributed by atoms with Crippen LogP contribution in [-0.4, -0.2) is 49.5 Å². The van der Waals surface area contributed by atoms with Gasteiger partial charge in [0.25, 0.3) is 0 Å². The fourth-order valence-corrected chi connectivity index (χ4v) is 3.06. The van der Waals surface area contributed by atoms with Gasteiger partial charge >= 0.3 is 5.97 Å². The summed E-state index contributed by atoms with van der Waals surface area (Å²) in [5, 5.41) is 17.7. The molecule has 0 atom stereocenters. The summed E-state index contributed by atoms with van der Waals surface area (Å²) >= 11 is 0. The minimum Gasteiger partial charge on any atom is -0.493 e. The third-order valence-corrected chi connectivity index (χ3v) is 5.00. The number of nitriles is 1. The molecular weight excluding hydrogens is 506 g/mol. The summed E-state index contributed by atoms with van der Waals surface area (Å²) < 4.78 is 31.5. The molecule has 0 saturated heterocycles. The number of hydrogen-bond acceptors (Lipinski definition) is 10. The van der Waals surface area contributed by atoms with E-state index < -0.39 is 5.97 Å². The van der Waals surface area contributed by atoms with Crippen LogP contribution in [0.25, 0.3) is 0 Å². The highest BCUT2D eigenvalue weighted by molar-refractivity contribution is 5.88. The molecule has 0 spiro atoms. The molecule has 2 aromatic carbocycles. The third kappa shape index (κ3) is 7.74. The zero-order valence-corrected chi connectivity index (χ0v) is 21.6. The molecule has 11 nitrogen and oxygen atoms in total. The molecule has 1 N–H and O–H groups in total. The van der Waals surface area contributed by atoms with Crippen LogP contribution >= 0.6 is 0 Å². The van der Waals surface area contributed by atoms with Crippen molar-refractivity contribution < 1.29 is 38.3 Å². The number of nitrogens with zero attached hydrogens (tertiary/aromatic N) is 3. The third-order valence-electron chi connectivity index (χ3n) is 5.00. The second-order valence-corrected chi connectivity index (χ2v) is 7.42. The Kier molecular flexibility index (Phi) is 9.87. The normalized spacial score (nSPS) is 9.72. The maximum absolute atomic E-state index is 10.9. The van der Waals surface area contributed by atoms with Gasteiger partial charge in [0, 0.05) is 18.2 Å². The molecule has 4 aromatic rings. The van der Waals surface area contributed by atoms with E-state index in [1.165, 1.54) is 45.7 Å². The van der Waals surface area contributed by atoms with E-state index in [4.69, 9.17) is 38.8 Å². The van der Waals surface area contributed by atoms with Crippen LogP contribution in [-0.2, 0) is 0 Å². The van der Waals surface area contributed by atoms with E-state index in [9.17, 15) is 4.79 Å². The number of aromatic carboxylic acids is 1. The quantitative estimate of drug-likeness (QED) is 0.298. The van der Waals surface area contributed by atoms with E-state index in [0.29, 0.717) is 51.8 Å². The van der Waals surface area contributed by atoms with Crippen LogP contribution in [0.2, 0.25) is 0 Å². The number of pyridine rings is 2. The minimum atomic E-state index is -1.03. The summed E-state index contributed by atoms with van der Waals surface area (Å²) in [6, 6.07) is 18.2. The summed E-state index contributed by atoms with van der Waals surface area (Å²) in [5.41, 5.74) is 0.638. The van der Waals surface area contributed by atoms with Crippen LogP contribution in [0.5, 0.6) is 46.3 Å². The number of benzene rings is 2. The number of aromatic nitrogens is 2. The Labute approximate surface area is 224 Å². The van der Waals surface area contributed by atoms with Crippen LogP contribution < -0.4 is 28.4 Å². The molecule has 200 valence electrons. The summed E-state index contributed by atoms with van der Waals surface area (Å²) in [6.45, 7) is 0. The molecule has 11 heteroatoms. The predicted octanol–water partition coefficient (Wildman–Crippen LogP) is 5.35. The standard InChI is InChI=1S/C14H12N2O3.C14H13NO5/c1-17-13-7-10(8-15)3-5-12(13)19-11-4-6-14(18-2)16-9-11;1-18-12-7-9(14(16)17)3-5-11(12)20-10-4-6-13(19-2)15-8-10/h3-7,9H,1-2H3;3-8H,1-2H3,(H,16,17). The lowest BCUT2D eigenvalue weighted by Crippen LogP contribution is -1.98. The van der Waals surface area contributed by atoms with Gasteiger partial charge in [0.05, 0.1) is 58.0 Å². The summed E-state index contributed by atoms with van der Waals surface area (Å²) in [7, 11) is 6.04. The number of hydrogen-bond donors (Lipinski definition) is 1. The number of rotatable bonds is 9. The van der Waals surface area contributed by atoms with Crippen molar-refractivity contribution in [2.45, 2.75) is 0 Å². The van der Waals surface area contributed by atoms with Gasteiger partial charge in [-0.3, -0.25) is 0 Å². The van der Waals surface area contributed by atoms with E-state index in [2.05, 4.69) is 9.97 Å². The number of carboxylic acid groups (broad SMARTS) is 1. The van der Waals surface area contributed by atoms with Gasteiger partial charge < -0.3 is 33.5 Å². The molecule has 0 aliphatic carbocycles. The molecule has 0 aliphatic heterocycles. The first-order valence-corrected chi connectivity index (χ1v) is 11.3. The van der Waals surface area contributed by atoms with Crippen molar-refractivity contribution in [3.05, 3.63) is 84.2 Å². The first-order chi connectivity index (χ1) is 18.9. The Morgan fingerprint density at radius 2 is 1.21 bits per heavy atom. The van der Waals surface area contributed by atoms with Crippen LogP contribution in [0.3, 0.4) is 0 Å². The van der Waals surface area contributed by atoms with Gasteiger partial charge in [-0.05, 0) is 42.5 Å². The number of methoxy groups -OCH3 is 4. The number of ether oxygens (including phenoxy) is 6. The molecule has 0 amide bonds. The molecule has 2 aromatic heterocycles. The molecule has 2 heterocycles. The van der Waals surface area contributed by atoms with Crippen molar-refractivity contribution in [2.24, 2.45) is 0 Å². The summed E-state index contributed by atoms with van der Waals surface area (Å²) in [6.07, 6.45) is 3.06. The van der Waals surface area contributed by atoms with Gasteiger partial charge in [0.15, 0.2) is 23.0 Å². The fourth-order valence-electron chi connectivity index (χ4n) is 3.06. The van der Waals surface area contributed by atoms with Crippen molar-refractivity contribution in [1.29, 1.82) is 5.26 Å². The molecule has 0 fully saturated rings. The molecule has 39 heavy (non-hydrogen) atoms. The molecule has 0 saturated carbocycles. The fraction of sp³-hybridized carbons (Fsp3) is 0.143. The van der Waals surface area contributed by atoms with Crippen molar-refractivity contribution in [1.82, 2.24) is 9.97 Å². The number of carboxylic acids is 1. The topological polar surface area (TPSA) is 142 Å². The Morgan fingerprint density at radius 3 is 1.62 bits per heavy atom. The van der Waals surface area contributed by atoms with Gasteiger partial charge in [-0.2, -0.15) is 5.26 Å². The van der Waals surface area contributed by atoms with Crippen LogP contribution in [0.1, 0.15) is 15.9 Å². The second kappa shape index (κ2) is 13.7. The van der Waals surface area contributed by atoms with Crippen LogP contribution in [0, 0.1) is 11.3 Å². The van der Waals surface area contributed by atoms with Crippen LogP contribution in [0.4, 0.5) is 0 Å².